The third kappa shape index (κ3) is 4.94. The summed E-state index contributed by atoms with van der Waals surface area (Å²) >= 11 is 4.92. The Morgan fingerprint density at radius 3 is 2.31 bits per heavy atom. The number of rotatable bonds is 9. The van der Waals surface area contributed by atoms with Crippen LogP contribution in [0.5, 0.6) is 0 Å². The first-order valence-electron chi connectivity index (χ1n) is 9.29. The van der Waals surface area contributed by atoms with Gasteiger partial charge in [0.1, 0.15) is 11.5 Å². The number of ether oxygens (including phenoxy) is 2. The van der Waals surface area contributed by atoms with Gasteiger partial charge in [-0.25, -0.2) is 0 Å². The van der Waals surface area contributed by atoms with Crippen molar-refractivity contribution in [1.29, 1.82) is 0 Å². The first-order chi connectivity index (χ1) is 12.2. The zero-order valence-corrected chi connectivity index (χ0v) is 18.1. The molecule has 4 nitrogen and oxygen atoms in total. The quantitative estimate of drug-likeness (QED) is 0.486. The van der Waals surface area contributed by atoms with Gasteiger partial charge in [-0.3, -0.25) is 0 Å². The molecule has 1 fully saturated rings. The molecule has 1 aliphatic rings. The zero-order chi connectivity index (χ0) is 19.4. The minimum Gasteiger partial charge on any atom is -0.598 e. The van der Waals surface area contributed by atoms with Crippen molar-refractivity contribution in [1.82, 2.24) is 4.72 Å². The van der Waals surface area contributed by atoms with Crippen LogP contribution in [0.15, 0.2) is 24.3 Å². The number of hydrogen-bond acceptors (Lipinski definition) is 4. The Balaban J connectivity index is 2.37. The first kappa shape index (κ1) is 22.0. The highest BCUT2D eigenvalue weighted by Crippen LogP contribution is 2.48. The van der Waals surface area contributed by atoms with Gasteiger partial charge in [-0.05, 0) is 57.7 Å². The van der Waals surface area contributed by atoms with Crippen LogP contribution in [-0.2, 0) is 26.3 Å². The van der Waals surface area contributed by atoms with E-state index in [9.17, 15) is 4.55 Å². The molecule has 1 unspecified atom stereocenters. The van der Waals surface area contributed by atoms with E-state index < -0.39 is 11.4 Å². The lowest BCUT2D eigenvalue weighted by molar-refractivity contribution is -0.0964. The predicted octanol–water partition coefficient (Wildman–Crippen LogP) is 4.58. The van der Waals surface area contributed by atoms with Gasteiger partial charge < -0.3 is 14.0 Å². The highest BCUT2D eigenvalue weighted by Gasteiger charge is 2.51. The maximum absolute atomic E-state index is 12.9. The van der Waals surface area contributed by atoms with Crippen LogP contribution in [0.1, 0.15) is 58.9 Å². The summed E-state index contributed by atoms with van der Waals surface area (Å²) in [5.74, 6) is 0. The summed E-state index contributed by atoms with van der Waals surface area (Å²) in [4.78, 5) is 0. The van der Waals surface area contributed by atoms with E-state index in [-0.39, 0.29) is 29.1 Å². The molecular weight excluding hydrogens is 370 g/mol. The Bertz CT molecular complexity index is 557. The molecule has 1 N–H and O–H groups in total. The Morgan fingerprint density at radius 1 is 1.27 bits per heavy atom. The summed E-state index contributed by atoms with van der Waals surface area (Å²) in [5, 5.41) is 0.730. The number of methoxy groups -OCH3 is 1. The van der Waals surface area contributed by atoms with Crippen LogP contribution in [0.2, 0.25) is 5.02 Å². The molecule has 6 heteroatoms. The molecule has 0 radical (unpaired) electrons. The van der Waals surface area contributed by atoms with Crippen molar-refractivity contribution >= 4 is 23.0 Å². The van der Waals surface area contributed by atoms with Gasteiger partial charge in [0.05, 0.1) is 12.1 Å². The fourth-order valence-corrected chi connectivity index (χ4v) is 4.65. The van der Waals surface area contributed by atoms with Crippen molar-refractivity contribution in [3.8, 4) is 0 Å². The standard InChI is InChI=1S/C20H32ClNO3S/c1-6-17(25-14-24-5)18(22-26(23)19(2,3)4)20(12-7-13-20)15-8-10-16(21)11-9-15/h8-11,17-18,22H,6-7,12-14H2,1-5H3/t17-,18-,26?/m0/s1. The largest absolute Gasteiger partial charge is 0.598 e. The molecule has 1 aromatic rings. The van der Waals surface area contributed by atoms with E-state index in [0.29, 0.717) is 0 Å². The second-order valence-electron chi connectivity index (χ2n) is 8.01. The van der Waals surface area contributed by atoms with Gasteiger partial charge in [0.2, 0.25) is 0 Å². The number of nitrogens with one attached hydrogen (secondary N) is 1. The van der Waals surface area contributed by atoms with Gasteiger partial charge in [-0.2, -0.15) is 0 Å². The lowest BCUT2D eigenvalue weighted by Crippen LogP contribution is -2.62. The highest BCUT2D eigenvalue weighted by molar-refractivity contribution is 7.90. The molecule has 0 saturated heterocycles. The van der Waals surface area contributed by atoms with Gasteiger partial charge in [-0.1, -0.05) is 37.1 Å². The smallest absolute Gasteiger partial charge is 0.146 e. The molecule has 1 aromatic carbocycles. The van der Waals surface area contributed by atoms with E-state index in [4.69, 9.17) is 21.1 Å². The monoisotopic (exact) mass is 401 g/mol. The van der Waals surface area contributed by atoms with Crippen molar-refractivity contribution in [2.24, 2.45) is 0 Å². The molecule has 0 bridgehead atoms. The third-order valence-electron chi connectivity index (χ3n) is 5.22. The van der Waals surface area contributed by atoms with E-state index in [1.807, 2.05) is 32.9 Å². The first-order valence-corrected chi connectivity index (χ1v) is 10.8. The van der Waals surface area contributed by atoms with Crippen LogP contribution in [0.3, 0.4) is 0 Å². The van der Waals surface area contributed by atoms with Crippen molar-refractivity contribution in [2.75, 3.05) is 13.9 Å². The molecule has 0 heterocycles. The summed E-state index contributed by atoms with van der Waals surface area (Å²) < 4.78 is 27.2. The highest BCUT2D eigenvalue weighted by atomic mass is 35.5. The van der Waals surface area contributed by atoms with E-state index in [1.165, 1.54) is 5.56 Å². The number of benzene rings is 1. The second kappa shape index (κ2) is 9.26. The van der Waals surface area contributed by atoms with Crippen molar-refractivity contribution < 1.29 is 14.0 Å². The van der Waals surface area contributed by atoms with Crippen LogP contribution in [-0.4, -0.2) is 35.3 Å². The Morgan fingerprint density at radius 2 is 1.88 bits per heavy atom. The van der Waals surface area contributed by atoms with Crippen LogP contribution in [0.25, 0.3) is 0 Å². The maximum Gasteiger partial charge on any atom is 0.146 e. The Labute approximate surface area is 166 Å². The van der Waals surface area contributed by atoms with Gasteiger partial charge in [0.25, 0.3) is 0 Å². The molecule has 26 heavy (non-hydrogen) atoms. The van der Waals surface area contributed by atoms with Crippen molar-refractivity contribution in [3.63, 3.8) is 0 Å². The summed E-state index contributed by atoms with van der Waals surface area (Å²) in [7, 11) is 1.63. The lowest BCUT2D eigenvalue weighted by atomic mass is 9.59. The van der Waals surface area contributed by atoms with E-state index in [1.54, 1.807) is 7.11 Å². The van der Waals surface area contributed by atoms with Crippen LogP contribution >= 0.6 is 11.6 Å². The molecule has 1 saturated carbocycles. The molecular formula is C20H32ClNO3S. The fraction of sp³-hybridized carbons (Fsp3) is 0.700. The average molecular weight is 402 g/mol. The van der Waals surface area contributed by atoms with E-state index in [0.717, 1.165) is 30.7 Å². The van der Waals surface area contributed by atoms with Crippen LogP contribution in [0, 0.1) is 0 Å². The minimum atomic E-state index is -1.18. The summed E-state index contributed by atoms with van der Waals surface area (Å²) in [6.45, 7) is 8.29. The van der Waals surface area contributed by atoms with Gasteiger partial charge in [-0.15, -0.1) is 4.72 Å². The molecule has 0 aliphatic heterocycles. The maximum atomic E-state index is 12.9. The number of halogens is 1. The van der Waals surface area contributed by atoms with Crippen molar-refractivity contribution in [2.45, 2.75) is 75.7 Å². The minimum absolute atomic E-state index is 0.0577. The van der Waals surface area contributed by atoms with E-state index in [2.05, 4.69) is 23.8 Å². The van der Waals surface area contributed by atoms with Gasteiger partial charge in [0, 0.05) is 28.9 Å². The van der Waals surface area contributed by atoms with Gasteiger partial charge >= 0.3 is 0 Å². The number of hydrogen-bond donors (Lipinski definition) is 1. The zero-order valence-electron chi connectivity index (χ0n) is 16.5. The Kier molecular flexibility index (Phi) is 7.84. The predicted molar refractivity (Wildman–Crippen MR) is 109 cm³/mol. The topological polar surface area (TPSA) is 53.5 Å². The molecule has 2 rings (SSSR count). The summed E-state index contributed by atoms with van der Waals surface area (Å²) in [5.41, 5.74) is 1.14. The Hall–Kier alpha value is -0.300. The second-order valence-corrected chi connectivity index (χ2v) is 10.4. The molecule has 0 spiro atoms. The average Bonchev–Trinajstić information content (AvgIpc) is 2.55. The lowest BCUT2D eigenvalue weighted by Gasteiger charge is -2.50. The van der Waals surface area contributed by atoms with Gasteiger partial charge in [0.15, 0.2) is 0 Å². The van der Waals surface area contributed by atoms with Crippen LogP contribution < -0.4 is 4.72 Å². The van der Waals surface area contributed by atoms with Crippen LogP contribution in [0.4, 0.5) is 0 Å². The molecule has 3 atom stereocenters. The third-order valence-corrected chi connectivity index (χ3v) is 7.06. The normalized spacial score (nSPS) is 20.3. The molecule has 148 valence electrons. The molecule has 1 aliphatic carbocycles. The molecule has 0 aromatic heterocycles. The summed E-state index contributed by atoms with van der Waals surface area (Å²) in [6.07, 6.45) is 3.97. The van der Waals surface area contributed by atoms with Crippen molar-refractivity contribution in [3.05, 3.63) is 34.9 Å². The summed E-state index contributed by atoms with van der Waals surface area (Å²) in [6, 6.07) is 8.01. The molecule has 0 amide bonds. The SMILES string of the molecule is CC[C@H](OCOC)[C@H](N[S+]([O-])C(C)(C)C)C1(c2ccc(Cl)cc2)CCC1. The fourth-order valence-electron chi connectivity index (χ4n) is 3.56. The van der Waals surface area contributed by atoms with E-state index >= 15 is 0 Å².